The Bertz CT molecular complexity index is 720. The Balaban J connectivity index is 1.66. The van der Waals surface area contributed by atoms with Crippen LogP contribution in [0.5, 0.6) is 0 Å². The van der Waals surface area contributed by atoms with E-state index in [2.05, 4.69) is 5.10 Å². The van der Waals surface area contributed by atoms with Crippen molar-refractivity contribution in [2.45, 2.75) is 10.6 Å². The molecule has 0 N–H and O–H groups in total. The summed E-state index contributed by atoms with van der Waals surface area (Å²) in [7, 11) is 0. The van der Waals surface area contributed by atoms with Crippen molar-refractivity contribution in [1.82, 2.24) is 9.78 Å². The van der Waals surface area contributed by atoms with Crippen LogP contribution in [0.2, 0.25) is 0 Å². The minimum absolute atomic E-state index is 0.705. The van der Waals surface area contributed by atoms with Gasteiger partial charge in [-0.05, 0) is 24.3 Å². The Hall–Kier alpha value is -2.33. The molecular formula is C17H14N2OS. The second kappa shape index (κ2) is 6.41. The largest absolute Gasteiger partial charge is 0.298 e. The van der Waals surface area contributed by atoms with Crippen LogP contribution in [0.25, 0.3) is 5.69 Å². The fourth-order valence-corrected chi connectivity index (χ4v) is 2.78. The maximum Gasteiger partial charge on any atom is 0.150 e. The average molecular weight is 294 g/mol. The highest BCUT2D eigenvalue weighted by Gasteiger charge is 2.02. The van der Waals surface area contributed by atoms with Gasteiger partial charge in [-0.1, -0.05) is 30.3 Å². The lowest BCUT2D eigenvalue weighted by Crippen LogP contribution is -1.92. The van der Waals surface area contributed by atoms with Crippen molar-refractivity contribution in [2.75, 3.05) is 0 Å². The second-order valence-corrected chi connectivity index (χ2v) is 5.65. The zero-order valence-electron chi connectivity index (χ0n) is 11.3. The van der Waals surface area contributed by atoms with E-state index in [0.29, 0.717) is 5.56 Å². The smallest absolute Gasteiger partial charge is 0.150 e. The highest BCUT2D eigenvalue weighted by molar-refractivity contribution is 7.98. The number of benzene rings is 2. The van der Waals surface area contributed by atoms with Gasteiger partial charge in [-0.25, -0.2) is 4.68 Å². The maximum atomic E-state index is 10.6. The van der Waals surface area contributed by atoms with Gasteiger partial charge in [-0.15, -0.1) is 11.8 Å². The molecule has 0 atom stereocenters. The van der Waals surface area contributed by atoms with Crippen molar-refractivity contribution in [3.63, 3.8) is 0 Å². The van der Waals surface area contributed by atoms with Crippen LogP contribution in [0.4, 0.5) is 0 Å². The summed E-state index contributed by atoms with van der Waals surface area (Å²) >= 11 is 1.73. The summed E-state index contributed by atoms with van der Waals surface area (Å²) in [5.41, 5.74) is 2.93. The lowest BCUT2D eigenvalue weighted by atomic mass is 10.2. The van der Waals surface area contributed by atoms with E-state index in [0.717, 1.165) is 22.6 Å². The van der Waals surface area contributed by atoms with Gasteiger partial charge in [0.25, 0.3) is 0 Å². The summed E-state index contributed by atoms with van der Waals surface area (Å²) in [6, 6.07) is 17.7. The van der Waals surface area contributed by atoms with Crippen molar-refractivity contribution < 1.29 is 4.79 Å². The number of hydrogen-bond donors (Lipinski definition) is 0. The van der Waals surface area contributed by atoms with E-state index in [4.69, 9.17) is 0 Å². The van der Waals surface area contributed by atoms with E-state index in [1.165, 1.54) is 5.56 Å². The summed E-state index contributed by atoms with van der Waals surface area (Å²) in [4.78, 5) is 11.8. The SMILES string of the molecule is O=Cc1ccc(SCc2cnn(-c3ccccc3)c2)cc1. The second-order valence-electron chi connectivity index (χ2n) is 4.60. The molecule has 4 heteroatoms. The van der Waals surface area contributed by atoms with Gasteiger partial charge < -0.3 is 0 Å². The molecule has 0 saturated carbocycles. The minimum atomic E-state index is 0.705. The standard InChI is InChI=1S/C17H14N2OS/c20-12-14-6-8-17(9-7-14)21-13-15-10-18-19(11-15)16-4-2-1-3-5-16/h1-12H,13H2. The zero-order chi connectivity index (χ0) is 14.5. The van der Waals surface area contributed by atoms with E-state index in [9.17, 15) is 4.79 Å². The quantitative estimate of drug-likeness (QED) is 0.527. The molecule has 21 heavy (non-hydrogen) atoms. The van der Waals surface area contributed by atoms with Crippen molar-refractivity contribution in [1.29, 1.82) is 0 Å². The van der Waals surface area contributed by atoms with E-state index in [1.807, 2.05) is 71.7 Å². The molecule has 3 rings (SSSR count). The first-order valence-electron chi connectivity index (χ1n) is 6.62. The van der Waals surface area contributed by atoms with Gasteiger partial charge in [0.05, 0.1) is 11.9 Å². The van der Waals surface area contributed by atoms with Crippen LogP contribution in [-0.2, 0) is 5.75 Å². The molecule has 0 spiro atoms. The molecule has 0 fully saturated rings. The third kappa shape index (κ3) is 3.41. The number of hydrogen-bond acceptors (Lipinski definition) is 3. The van der Waals surface area contributed by atoms with Crippen LogP contribution in [0.1, 0.15) is 15.9 Å². The van der Waals surface area contributed by atoms with Gasteiger partial charge in [-0.3, -0.25) is 4.79 Å². The molecule has 0 aliphatic rings. The number of aromatic nitrogens is 2. The zero-order valence-corrected chi connectivity index (χ0v) is 12.2. The molecule has 1 aromatic heterocycles. The maximum absolute atomic E-state index is 10.6. The molecule has 0 radical (unpaired) electrons. The van der Waals surface area contributed by atoms with Crippen LogP contribution in [0.15, 0.2) is 71.9 Å². The highest BCUT2D eigenvalue weighted by atomic mass is 32.2. The molecule has 3 nitrogen and oxygen atoms in total. The number of para-hydroxylation sites is 1. The van der Waals surface area contributed by atoms with Gasteiger partial charge in [0.15, 0.2) is 0 Å². The van der Waals surface area contributed by atoms with E-state index >= 15 is 0 Å². The molecule has 0 aliphatic carbocycles. The third-order valence-corrected chi connectivity index (χ3v) is 4.16. The summed E-state index contributed by atoms with van der Waals surface area (Å²) in [5.74, 6) is 0.854. The Kier molecular flexibility index (Phi) is 4.17. The molecule has 1 heterocycles. The Morgan fingerprint density at radius 1 is 1.05 bits per heavy atom. The number of rotatable bonds is 5. The molecule has 0 bridgehead atoms. The molecule has 104 valence electrons. The van der Waals surface area contributed by atoms with Crippen LogP contribution < -0.4 is 0 Å². The van der Waals surface area contributed by atoms with Crippen LogP contribution in [0, 0.1) is 0 Å². The van der Waals surface area contributed by atoms with E-state index in [1.54, 1.807) is 11.8 Å². The average Bonchev–Trinajstić information content (AvgIpc) is 3.03. The molecule has 2 aromatic carbocycles. The molecular weight excluding hydrogens is 280 g/mol. The van der Waals surface area contributed by atoms with Gasteiger partial charge in [0.1, 0.15) is 6.29 Å². The first-order chi connectivity index (χ1) is 10.3. The van der Waals surface area contributed by atoms with Gasteiger partial charge in [0, 0.05) is 28.0 Å². The first kappa shape index (κ1) is 13.6. The number of aldehydes is 1. The minimum Gasteiger partial charge on any atom is -0.298 e. The van der Waals surface area contributed by atoms with Crippen LogP contribution in [0.3, 0.4) is 0 Å². The number of thioether (sulfide) groups is 1. The van der Waals surface area contributed by atoms with E-state index in [-0.39, 0.29) is 0 Å². The van der Waals surface area contributed by atoms with Crippen molar-refractivity contribution in [3.8, 4) is 5.69 Å². The number of carbonyl (C=O) groups is 1. The van der Waals surface area contributed by atoms with E-state index < -0.39 is 0 Å². The Morgan fingerprint density at radius 2 is 1.81 bits per heavy atom. The fraction of sp³-hybridized carbons (Fsp3) is 0.0588. The monoisotopic (exact) mass is 294 g/mol. The van der Waals surface area contributed by atoms with Gasteiger partial charge in [0.2, 0.25) is 0 Å². The Labute approximate surface area is 127 Å². The molecule has 3 aromatic rings. The highest BCUT2D eigenvalue weighted by Crippen LogP contribution is 2.23. The predicted octanol–water partition coefficient (Wildman–Crippen LogP) is 3.98. The molecule has 0 unspecified atom stereocenters. The van der Waals surface area contributed by atoms with Crippen LogP contribution >= 0.6 is 11.8 Å². The summed E-state index contributed by atoms with van der Waals surface area (Å²) in [5, 5.41) is 4.38. The number of carbonyl (C=O) groups excluding carboxylic acids is 1. The van der Waals surface area contributed by atoms with Crippen molar-refractivity contribution >= 4 is 18.0 Å². The fourth-order valence-electron chi connectivity index (χ4n) is 1.97. The molecule has 0 amide bonds. The lowest BCUT2D eigenvalue weighted by Gasteiger charge is -2.00. The first-order valence-corrected chi connectivity index (χ1v) is 7.61. The molecule has 0 aliphatic heterocycles. The summed E-state index contributed by atoms with van der Waals surface area (Å²) in [6.07, 6.45) is 4.79. The predicted molar refractivity (Wildman–Crippen MR) is 85.0 cm³/mol. The topological polar surface area (TPSA) is 34.9 Å². The Morgan fingerprint density at radius 3 is 2.52 bits per heavy atom. The van der Waals surface area contributed by atoms with Gasteiger partial charge >= 0.3 is 0 Å². The third-order valence-electron chi connectivity index (χ3n) is 3.08. The lowest BCUT2D eigenvalue weighted by molar-refractivity contribution is 0.112. The van der Waals surface area contributed by atoms with Crippen LogP contribution in [-0.4, -0.2) is 16.1 Å². The summed E-state index contributed by atoms with van der Waals surface area (Å²) < 4.78 is 1.88. The van der Waals surface area contributed by atoms with Crippen molar-refractivity contribution in [2.24, 2.45) is 0 Å². The normalized spacial score (nSPS) is 10.5. The number of nitrogens with zero attached hydrogens (tertiary/aromatic N) is 2. The summed E-state index contributed by atoms with van der Waals surface area (Å²) in [6.45, 7) is 0. The van der Waals surface area contributed by atoms with Gasteiger partial charge in [-0.2, -0.15) is 5.10 Å². The molecule has 0 saturated heterocycles. The van der Waals surface area contributed by atoms with Crippen molar-refractivity contribution in [3.05, 3.63) is 78.1 Å².